The second kappa shape index (κ2) is 5.77. The number of hydrogen-bond acceptors (Lipinski definition) is 6. The van der Waals surface area contributed by atoms with Crippen LogP contribution in [0.25, 0.3) is 10.6 Å². The first kappa shape index (κ1) is 14.1. The molecule has 1 amide bonds. The Morgan fingerprint density at radius 1 is 1.47 bits per heavy atom. The molecule has 0 bridgehead atoms. The summed E-state index contributed by atoms with van der Waals surface area (Å²) < 4.78 is 0. The summed E-state index contributed by atoms with van der Waals surface area (Å²) in [5.41, 5.74) is 7.30. The van der Waals surface area contributed by atoms with Gasteiger partial charge in [0.15, 0.2) is 5.13 Å². The average Bonchev–Trinajstić information content (AvgIpc) is 2.94. The fourth-order valence-electron chi connectivity index (χ4n) is 1.54. The van der Waals surface area contributed by atoms with E-state index in [0.717, 1.165) is 21.3 Å². The Labute approximate surface area is 119 Å². The fraction of sp³-hybridized carbons (Fsp3) is 0.417. The van der Waals surface area contributed by atoms with E-state index in [1.807, 2.05) is 19.2 Å². The third-order valence-electron chi connectivity index (χ3n) is 2.67. The molecule has 0 saturated carbocycles. The first-order valence-corrected chi connectivity index (χ1v) is 7.61. The van der Waals surface area contributed by atoms with E-state index in [4.69, 9.17) is 5.73 Å². The van der Waals surface area contributed by atoms with Gasteiger partial charge in [0.2, 0.25) is 5.91 Å². The molecule has 5 nitrogen and oxygen atoms in total. The monoisotopic (exact) mass is 296 g/mol. The molecule has 2 aromatic heterocycles. The maximum absolute atomic E-state index is 11.7. The molecule has 0 fully saturated rings. The van der Waals surface area contributed by atoms with Crippen molar-refractivity contribution in [1.29, 1.82) is 0 Å². The molecule has 0 aliphatic heterocycles. The maximum Gasteiger partial charge on any atom is 0.230 e. The second-order valence-electron chi connectivity index (χ2n) is 4.31. The third-order valence-corrected chi connectivity index (χ3v) is 4.52. The van der Waals surface area contributed by atoms with Crippen LogP contribution in [-0.4, -0.2) is 22.4 Å². The van der Waals surface area contributed by atoms with Crippen LogP contribution < -0.4 is 11.1 Å². The molecule has 2 rings (SSSR count). The van der Waals surface area contributed by atoms with Crippen LogP contribution in [0.3, 0.4) is 0 Å². The summed E-state index contributed by atoms with van der Waals surface area (Å²) in [5.74, 6) is -0.305. The van der Waals surface area contributed by atoms with E-state index in [-0.39, 0.29) is 11.8 Å². The van der Waals surface area contributed by atoms with Gasteiger partial charge in [-0.1, -0.05) is 6.92 Å². The molecule has 0 spiro atoms. The number of hydrogen-bond donors (Lipinski definition) is 2. The molecular formula is C12H16N4OS2. The van der Waals surface area contributed by atoms with E-state index in [1.54, 1.807) is 18.3 Å². The Balaban J connectivity index is 2.16. The lowest BCUT2D eigenvalue weighted by Gasteiger charge is -2.06. The quantitative estimate of drug-likeness (QED) is 0.908. The van der Waals surface area contributed by atoms with Gasteiger partial charge in [-0.3, -0.25) is 4.79 Å². The van der Waals surface area contributed by atoms with E-state index in [9.17, 15) is 4.79 Å². The summed E-state index contributed by atoms with van der Waals surface area (Å²) >= 11 is 3.02. The smallest absolute Gasteiger partial charge is 0.230 e. The molecule has 2 aromatic rings. The van der Waals surface area contributed by atoms with Gasteiger partial charge >= 0.3 is 0 Å². The van der Waals surface area contributed by atoms with Gasteiger partial charge in [0, 0.05) is 17.8 Å². The molecule has 1 atom stereocenters. The lowest BCUT2D eigenvalue weighted by molar-refractivity contribution is -0.119. The average molecular weight is 296 g/mol. The zero-order valence-corrected chi connectivity index (χ0v) is 12.7. The molecule has 2 heterocycles. The molecular weight excluding hydrogens is 280 g/mol. The minimum absolute atomic E-state index is 0.0967. The highest BCUT2D eigenvalue weighted by Crippen LogP contribution is 2.32. The Morgan fingerprint density at radius 2 is 2.21 bits per heavy atom. The van der Waals surface area contributed by atoms with Crippen LogP contribution in [0.4, 0.5) is 5.13 Å². The number of carbonyl (C=O) groups excluding carboxylic acids is 1. The molecule has 0 aromatic carbocycles. The number of anilines is 1. The van der Waals surface area contributed by atoms with Crippen molar-refractivity contribution in [2.45, 2.75) is 20.8 Å². The molecule has 3 N–H and O–H groups in total. The Hall–Kier alpha value is -1.31. The van der Waals surface area contributed by atoms with Crippen molar-refractivity contribution in [3.05, 3.63) is 16.1 Å². The van der Waals surface area contributed by atoms with Crippen molar-refractivity contribution in [1.82, 2.24) is 9.97 Å². The fourth-order valence-corrected chi connectivity index (χ4v) is 3.20. The van der Waals surface area contributed by atoms with Gasteiger partial charge in [0.05, 0.1) is 21.3 Å². The van der Waals surface area contributed by atoms with Crippen LogP contribution in [0.5, 0.6) is 0 Å². The summed E-state index contributed by atoms with van der Waals surface area (Å²) in [7, 11) is 0. The molecule has 0 saturated heterocycles. The number of aromatic nitrogens is 2. The second-order valence-corrected chi connectivity index (χ2v) is 6.37. The van der Waals surface area contributed by atoms with Crippen molar-refractivity contribution < 1.29 is 4.79 Å². The summed E-state index contributed by atoms with van der Waals surface area (Å²) in [6, 6.07) is 0. The first-order valence-electron chi connectivity index (χ1n) is 5.92. The highest BCUT2D eigenvalue weighted by molar-refractivity contribution is 7.16. The van der Waals surface area contributed by atoms with Crippen LogP contribution in [0.2, 0.25) is 0 Å². The summed E-state index contributed by atoms with van der Waals surface area (Å²) in [4.78, 5) is 21.6. The Bertz CT molecular complexity index is 590. The molecule has 19 heavy (non-hydrogen) atoms. The number of rotatable bonds is 4. The van der Waals surface area contributed by atoms with Crippen molar-refractivity contribution in [2.75, 3.05) is 11.9 Å². The predicted octanol–water partition coefficient (Wildman–Crippen LogP) is 2.42. The zero-order valence-electron chi connectivity index (χ0n) is 11.1. The van der Waals surface area contributed by atoms with Crippen LogP contribution in [0.1, 0.15) is 17.6 Å². The highest BCUT2D eigenvalue weighted by Gasteiger charge is 2.15. The van der Waals surface area contributed by atoms with Crippen LogP contribution >= 0.6 is 22.7 Å². The lowest BCUT2D eigenvalue weighted by atomic mass is 10.2. The number of nitrogens with two attached hydrogens (primary N) is 1. The van der Waals surface area contributed by atoms with Crippen molar-refractivity contribution in [2.24, 2.45) is 11.7 Å². The van der Waals surface area contributed by atoms with E-state index < -0.39 is 0 Å². The number of nitrogens with one attached hydrogen (secondary N) is 1. The molecule has 7 heteroatoms. The topological polar surface area (TPSA) is 80.9 Å². The van der Waals surface area contributed by atoms with Gasteiger partial charge in [-0.25, -0.2) is 9.97 Å². The van der Waals surface area contributed by atoms with E-state index in [2.05, 4.69) is 15.3 Å². The maximum atomic E-state index is 11.7. The van der Waals surface area contributed by atoms with E-state index in [0.29, 0.717) is 11.7 Å². The molecule has 1 unspecified atom stereocenters. The number of aryl methyl sites for hydroxylation is 2. The number of amides is 1. The molecule has 0 aliphatic carbocycles. The normalized spacial score (nSPS) is 12.4. The van der Waals surface area contributed by atoms with Crippen LogP contribution in [0.15, 0.2) is 5.38 Å². The van der Waals surface area contributed by atoms with Crippen LogP contribution in [-0.2, 0) is 4.79 Å². The van der Waals surface area contributed by atoms with Crippen molar-refractivity contribution in [3.8, 4) is 10.6 Å². The number of thiazole rings is 2. The Kier molecular flexibility index (Phi) is 4.28. The Morgan fingerprint density at radius 3 is 2.79 bits per heavy atom. The molecule has 102 valence electrons. The molecule has 0 aliphatic rings. The minimum Gasteiger partial charge on any atom is -0.330 e. The standard InChI is InChI=1S/C12H16N4OS2/c1-6(4-13)11(17)16-12-15-9(5-18-12)10-7(2)14-8(3)19-10/h5-6H,4,13H2,1-3H3,(H,15,16,17). The highest BCUT2D eigenvalue weighted by atomic mass is 32.1. The van der Waals surface area contributed by atoms with Gasteiger partial charge in [-0.15, -0.1) is 22.7 Å². The number of carbonyl (C=O) groups is 1. The van der Waals surface area contributed by atoms with Crippen molar-refractivity contribution in [3.63, 3.8) is 0 Å². The van der Waals surface area contributed by atoms with Crippen molar-refractivity contribution >= 4 is 33.7 Å². The van der Waals surface area contributed by atoms with Crippen LogP contribution in [0, 0.1) is 19.8 Å². The lowest BCUT2D eigenvalue weighted by Crippen LogP contribution is -2.26. The van der Waals surface area contributed by atoms with Gasteiger partial charge < -0.3 is 11.1 Å². The third kappa shape index (κ3) is 3.17. The number of nitrogens with zero attached hydrogens (tertiary/aromatic N) is 2. The first-order chi connectivity index (χ1) is 9.01. The van der Waals surface area contributed by atoms with Gasteiger partial charge in [-0.05, 0) is 13.8 Å². The van der Waals surface area contributed by atoms with E-state index >= 15 is 0 Å². The minimum atomic E-state index is -0.209. The largest absolute Gasteiger partial charge is 0.330 e. The summed E-state index contributed by atoms with van der Waals surface area (Å²) in [6.07, 6.45) is 0. The van der Waals surface area contributed by atoms with E-state index in [1.165, 1.54) is 11.3 Å². The van der Waals surface area contributed by atoms with Gasteiger partial charge in [-0.2, -0.15) is 0 Å². The predicted molar refractivity (Wildman–Crippen MR) is 79.5 cm³/mol. The molecule has 0 radical (unpaired) electrons. The SMILES string of the molecule is Cc1nc(C)c(-c2csc(NC(=O)C(C)CN)n2)s1. The zero-order chi connectivity index (χ0) is 14.0. The van der Waals surface area contributed by atoms with Gasteiger partial charge in [0.1, 0.15) is 0 Å². The summed E-state index contributed by atoms with van der Waals surface area (Å²) in [5, 5.41) is 6.33. The summed E-state index contributed by atoms with van der Waals surface area (Å²) in [6.45, 7) is 6.06. The van der Waals surface area contributed by atoms with Gasteiger partial charge in [0.25, 0.3) is 0 Å².